The van der Waals surface area contributed by atoms with Crippen LogP contribution in [-0.2, 0) is 16.6 Å². The minimum atomic E-state index is 0.0713. The number of nitrogen functional groups attached to an aromatic ring is 1. The molecule has 1 aliphatic carbocycles. The van der Waals surface area contributed by atoms with Crippen molar-refractivity contribution in [2.24, 2.45) is 0 Å². The molecule has 1 amide bonds. The molecule has 3 heteroatoms. The van der Waals surface area contributed by atoms with Gasteiger partial charge in [-0.25, -0.2) is 0 Å². The molecule has 3 rings (SSSR count). The highest BCUT2D eigenvalue weighted by Gasteiger charge is 2.44. The van der Waals surface area contributed by atoms with E-state index in [4.69, 9.17) is 5.73 Å². The Kier molecular flexibility index (Phi) is 3.65. The maximum atomic E-state index is 12.1. The zero-order chi connectivity index (χ0) is 14.7. The van der Waals surface area contributed by atoms with Crippen LogP contribution in [0.4, 0.5) is 5.69 Å². The summed E-state index contributed by atoms with van der Waals surface area (Å²) < 4.78 is 0. The van der Waals surface area contributed by atoms with Gasteiger partial charge in [0.1, 0.15) is 0 Å². The Morgan fingerprint density at radius 2 is 1.71 bits per heavy atom. The second-order valence-corrected chi connectivity index (χ2v) is 5.84. The smallest absolute Gasteiger partial charge is 0.224 e. The number of hydrogen-bond donors (Lipinski definition) is 2. The Hall–Kier alpha value is -2.29. The zero-order valence-corrected chi connectivity index (χ0v) is 12.0. The van der Waals surface area contributed by atoms with Crippen molar-refractivity contribution in [2.75, 3.05) is 12.3 Å². The summed E-state index contributed by atoms with van der Waals surface area (Å²) in [5.74, 6) is 0.0713. The normalized spacial score (nSPS) is 15.4. The predicted octanol–water partition coefficient (Wildman–Crippen LogP) is 2.66. The molecule has 0 unspecified atom stereocenters. The van der Waals surface area contributed by atoms with E-state index in [1.807, 2.05) is 30.3 Å². The Balaban J connectivity index is 1.56. The lowest BCUT2D eigenvalue weighted by Gasteiger charge is -2.16. The van der Waals surface area contributed by atoms with Crippen LogP contribution in [0.3, 0.4) is 0 Å². The van der Waals surface area contributed by atoms with E-state index in [0.717, 1.165) is 30.6 Å². The minimum Gasteiger partial charge on any atom is -0.399 e. The number of amides is 1. The van der Waals surface area contributed by atoms with Gasteiger partial charge in [0, 0.05) is 17.6 Å². The SMILES string of the molecule is Nc1ccc(CC(=O)NCC2(c3ccccc3)CC2)cc1. The average molecular weight is 280 g/mol. The second kappa shape index (κ2) is 5.60. The van der Waals surface area contributed by atoms with Gasteiger partial charge in [-0.2, -0.15) is 0 Å². The molecule has 0 heterocycles. The van der Waals surface area contributed by atoms with Crippen LogP contribution in [0.15, 0.2) is 54.6 Å². The van der Waals surface area contributed by atoms with E-state index in [9.17, 15) is 4.79 Å². The van der Waals surface area contributed by atoms with Crippen molar-refractivity contribution < 1.29 is 4.79 Å². The van der Waals surface area contributed by atoms with Gasteiger partial charge in [0.2, 0.25) is 5.91 Å². The number of rotatable bonds is 5. The van der Waals surface area contributed by atoms with Gasteiger partial charge in [-0.15, -0.1) is 0 Å². The molecule has 21 heavy (non-hydrogen) atoms. The van der Waals surface area contributed by atoms with Crippen LogP contribution < -0.4 is 11.1 Å². The van der Waals surface area contributed by atoms with Crippen molar-refractivity contribution in [3.63, 3.8) is 0 Å². The minimum absolute atomic E-state index is 0.0713. The lowest BCUT2D eigenvalue weighted by molar-refractivity contribution is -0.120. The molecule has 1 saturated carbocycles. The largest absolute Gasteiger partial charge is 0.399 e. The molecule has 1 aliphatic rings. The molecule has 108 valence electrons. The third-order valence-corrected chi connectivity index (χ3v) is 4.21. The monoisotopic (exact) mass is 280 g/mol. The molecule has 0 saturated heterocycles. The lowest BCUT2D eigenvalue weighted by Crippen LogP contribution is -2.33. The van der Waals surface area contributed by atoms with E-state index in [1.165, 1.54) is 5.56 Å². The summed E-state index contributed by atoms with van der Waals surface area (Å²) in [5, 5.41) is 3.08. The Labute approximate surface area is 125 Å². The highest BCUT2D eigenvalue weighted by atomic mass is 16.1. The number of anilines is 1. The second-order valence-electron chi connectivity index (χ2n) is 5.84. The standard InChI is InChI=1S/C18H20N2O/c19-16-8-6-14(7-9-16)12-17(21)20-13-18(10-11-18)15-4-2-1-3-5-15/h1-9H,10-13,19H2,(H,20,21). The maximum Gasteiger partial charge on any atom is 0.224 e. The van der Waals surface area contributed by atoms with Crippen LogP contribution >= 0.6 is 0 Å². The molecule has 0 spiro atoms. The van der Waals surface area contributed by atoms with Crippen molar-refractivity contribution in [1.82, 2.24) is 5.32 Å². The number of nitrogens with two attached hydrogens (primary N) is 1. The number of carbonyl (C=O) groups is 1. The molecule has 2 aromatic rings. The van der Waals surface area contributed by atoms with Crippen LogP contribution in [0.2, 0.25) is 0 Å². The Bertz CT molecular complexity index is 615. The molecular formula is C18H20N2O. The predicted molar refractivity (Wildman–Crippen MR) is 84.9 cm³/mol. The van der Waals surface area contributed by atoms with Gasteiger partial charge < -0.3 is 11.1 Å². The quantitative estimate of drug-likeness (QED) is 0.827. The van der Waals surface area contributed by atoms with Gasteiger partial charge >= 0.3 is 0 Å². The third-order valence-electron chi connectivity index (χ3n) is 4.21. The number of benzene rings is 2. The summed E-state index contributed by atoms with van der Waals surface area (Å²) in [6, 6.07) is 17.9. The molecule has 3 nitrogen and oxygen atoms in total. The fraction of sp³-hybridized carbons (Fsp3) is 0.278. The molecule has 0 bridgehead atoms. The first-order valence-corrected chi connectivity index (χ1v) is 7.35. The number of hydrogen-bond acceptors (Lipinski definition) is 2. The van der Waals surface area contributed by atoms with Crippen LogP contribution in [-0.4, -0.2) is 12.5 Å². The van der Waals surface area contributed by atoms with Crippen LogP contribution in [0.1, 0.15) is 24.0 Å². The first-order chi connectivity index (χ1) is 10.2. The topological polar surface area (TPSA) is 55.1 Å². The van der Waals surface area contributed by atoms with E-state index in [0.29, 0.717) is 6.42 Å². The average Bonchev–Trinajstić information content (AvgIpc) is 3.30. The van der Waals surface area contributed by atoms with E-state index < -0.39 is 0 Å². The van der Waals surface area contributed by atoms with Crippen molar-refractivity contribution in [2.45, 2.75) is 24.7 Å². The molecule has 2 aromatic carbocycles. The van der Waals surface area contributed by atoms with E-state index in [1.54, 1.807) is 0 Å². The van der Waals surface area contributed by atoms with Crippen molar-refractivity contribution in [3.05, 3.63) is 65.7 Å². The van der Waals surface area contributed by atoms with Gasteiger partial charge in [0.25, 0.3) is 0 Å². The molecule has 0 radical (unpaired) electrons. The number of carbonyl (C=O) groups excluding carboxylic acids is 1. The van der Waals surface area contributed by atoms with Gasteiger partial charge in [-0.1, -0.05) is 42.5 Å². The number of nitrogens with one attached hydrogen (secondary N) is 1. The zero-order valence-electron chi connectivity index (χ0n) is 12.0. The van der Waals surface area contributed by atoms with E-state index in [-0.39, 0.29) is 11.3 Å². The summed E-state index contributed by atoms with van der Waals surface area (Å²) in [4.78, 5) is 12.1. The lowest BCUT2D eigenvalue weighted by atomic mass is 9.96. The van der Waals surface area contributed by atoms with Crippen LogP contribution in [0.25, 0.3) is 0 Å². The highest BCUT2D eigenvalue weighted by molar-refractivity contribution is 5.78. The summed E-state index contributed by atoms with van der Waals surface area (Å²) in [6.45, 7) is 0.727. The summed E-state index contributed by atoms with van der Waals surface area (Å²) >= 11 is 0. The third kappa shape index (κ3) is 3.24. The van der Waals surface area contributed by atoms with Gasteiger partial charge in [-0.3, -0.25) is 4.79 Å². The fourth-order valence-corrected chi connectivity index (χ4v) is 2.66. The summed E-state index contributed by atoms with van der Waals surface area (Å²) in [5.41, 5.74) is 8.86. The van der Waals surface area contributed by atoms with Crippen LogP contribution in [0, 0.1) is 0 Å². The van der Waals surface area contributed by atoms with Crippen molar-refractivity contribution in [3.8, 4) is 0 Å². The Morgan fingerprint density at radius 3 is 2.33 bits per heavy atom. The van der Waals surface area contributed by atoms with Crippen molar-refractivity contribution in [1.29, 1.82) is 0 Å². The molecule has 0 atom stereocenters. The fourth-order valence-electron chi connectivity index (χ4n) is 2.66. The van der Waals surface area contributed by atoms with Gasteiger partial charge in [0.05, 0.1) is 6.42 Å². The maximum absolute atomic E-state index is 12.1. The van der Waals surface area contributed by atoms with Crippen molar-refractivity contribution >= 4 is 11.6 Å². The molecule has 3 N–H and O–H groups in total. The molecular weight excluding hydrogens is 260 g/mol. The molecule has 0 aliphatic heterocycles. The first kappa shape index (κ1) is 13.7. The van der Waals surface area contributed by atoms with E-state index >= 15 is 0 Å². The highest BCUT2D eigenvalue weighted by Crippen LogP contribution is 2.47. The van der Waals surface area contributed by atoms with Gasteiger partial charge in [0.15, 0.2) is 0 Å². The Morgan fingerprint density at radius 1 is 1.05 bits per heavy atom. The van der Waals surface area contributed by atoms with Crippen LogP contribution in [0.5, 0.6) is 0 Å². The summed E-state index contributed by atoms with van der Waals surface area (Å²) in [6.07, 6.45) is 2.71. The van der Waals surface area contributed by atoms with E-state index in [2.05, 4.69) is 29.6 Å². The molecule has 0 aromatic heterocycles. The summed E-state index contributed by atoms with van der Waals surface area (Å²) in [7, 11) is 0. The van der Waals surface area contributed by atoms with Gasteiger partial charge in [-0.05, 0) is 36.1 Å². The molecule has 1 fully saturated rings. The first-order valence-electron chi connectivity index (χ1n) is 7.35.